The maximum Gasteiger partial charge on any atom is 0.343 e. The van der Waals surface area contributed by atoms with Crippen LogP contribution in [0.15, 0.2) is 46.7 Å². The van der Waals surface area contributed by atoms with E-state index in [1.807, 2.05) is 29.0 Å². The van der Waals surface area contributed by atoms with Gasteiger partial charge in [0.1, 0.15) is 11.3 Å². The van der Waals surface area contributed by atoms with E-state index in [4.69, 9.17) is 9.47 Å². The number of hydrogen-bond acceptors (Lipinski definition) is 5. The molecule has 144 valence electrons. The number of thiophene rings is 1. The van der Waals surface area contributed by atoms with Crippen LogP contribution in [0.1, 0.15) is 39.3 Å². The molecular weight excluding hydrogens is 374 g/mol. The number of carbonyl (C=O) groups excluding carboxylic acids is 1. The van der Waals surface area contributed by atoms with Gasteiger partial charge in [-0.15, -0.1) is 11.3 Å². The molecule has 1 unspecified atom stereocenters. The lowest BCUT2D eigenvalue weighted by molar-refractivity contribution is 0.0523. The highest BCUT2D eigenvalue weighted by Crippen LogP contribution is 2.41. The molecule has 5 nitrogen and oxygen atoms in total. The predicted octanol–water partition coefficient (Wildman–Crippen LogP) is 4.22. The standard InChI is InChI=1S/C22H21NO4S/c1-4-27-22(25)16-12-23-17(11-19(16)24)15-10-20(26-3)13(2)8-14(15)9-18(23)21-6-5-7-28-21/h5-8,10-12,18H,4,9H2,1-3H3. The Labute approximate surface area is 167 Å². The maximum absolute atomic E-state index is 12.7. The summed E-state index contributed by atoms with van der Waals surface area (Å²) in [5.74, 6) is 0.196. The van der Waals surface area contributed by atoms with Crippen LogP contribution >= 0.6 is 11.3 Å². The minimum atomic E-state index is -0.583. The fourth-order valence-corrected chi connectivity index (χ4v) is 4.61. The number of aryl methyl sites for hydroxylation is 1. The zero-order valence-corrected chi connectivity index (χ0v) is 16.8. The SMILES string of the molecule is CCOC(=O)c1cn2c(cc1=O)-c1cc(OC)c(C)cc1CC2c1cccs1. The number of rotatable bonds is 4. The number of nitrogens with zero attached hydrogens (tertiary/aromatic N) is 1. The molecule has 0 amide bonds. The van der Waals surface area contributed by atoms with Crippen LogP contribution in [0.4, 0.5) is 0 Å². The largest absolute Gasteiger partial charge is 0.496 e. The van der Waals surface area contributed by atoms with Crippen molar-refractivity contribution in [2.45, 2.75) is 26.3 Å². The van der Waals surface area contributed by atoms with Crippen LogP contribution < -0.4 is 10.2 Å². The van der Waals surface area contributed by atoms with E-state index in [9.17, 15) is 9.59 Å². The molecule has 3 heterocycles. The lowest BCUT2D eigenvalue weighted by Crippen LogP contribution is -2.26. The number of methoxy groups -OCH3 is 1. The van der Waals surface area contributed by atoms with E-state index < -0.39 is 5.97 Å². The second-order valence-electron chi connectivity index (χ2n) is 6.78. The highest BCUT2D eigenvalue weighted by molar-refractivity contribution is 7.10. The molecule has 6 heteroatoms. The summed E-state index contributed by atoms with van der Waals surface area (Å²) in [6, 6.07) is 9.77. The third-order valence-corrected chi connectivity index (χ3v) is 6.07. The van der Waals surface area contributed by atoms with Gasteiger partial charge in [0, 0.05) is 22.7 Å². The van der Waals surface area contributed by atoms with Crippen molar-refractivity contribution >= 4 is 17.3 Å². The van der Waals surface area contributed by atoms with Gasteiger partial charge in [-0.1, -0.05) is 12.1 Å². The molecule has 0 radical (unpaired) electrons. The normalized spacial score (nSPS) is 14.9. The molecule has 0 N–H and O–H groups in total. The highest BCUT2D eigenvalue weighted by atomic mass is 32.1. The average Bonchev–Trinajstić information content (AvgIpc) is 3.21. The van der Waals surface area contributed by atoms with Crippen molar-refractivity contribution in [1.29, 1.82) is 0 Å². The van der Waals surface area contributed by atoms with Gasteiger partial charge in [0.25, 0.3) is 0 Å². The van der Waals surface area contributed by atoms with Gasteiger partial charge in [0.15, 0.2) is 5.43 Å². The minimum absolute atomic E-state index is 0.0177. The molecule has 1 aliphatic heterocycles. The molecule has 1 aliphatic rings. The Morgan fingerprint density at radius 1 is 1.32 bits per heavy atom. The van der Waals surface area contributed by atoms with E-state index >= 15 is 0 Å². The summed E-state index contributed by atoms with van der Waals surface area (Å²) >= 11 is 1.67. The minimum Gasteiger partial charge on any atom is -0.496 e. The van der Waals surface area contributed by atoms with Crippen molar-refractivity contribution in [2.75, 3.05) is 13.7 Å². The van der Waals surface area contributed by atoms with E-state index in [0.717, 1.165) is 29.0 Å². The molecule has 3 aromatic rings. The second-order valence-corrected chi connectivity index (χ2v) is 7.76. The molecule has 0 fully saturated rings. The second kappa shape index (κ2) is 7.28. The monoisotopic (exact) mass is 395 g/mol. The molecule has 0 bridgehead atoms. The van der Waals surface area contributed by atoms with E-state index in [1.165, 1.54) is 10.4 Å². The zero-order valence-electron chi connectivity index (χ0n) is 16.0. The maximum atomic E-state index is 12.7. The topological polar surface area (TPSA) is 57.5 Å². The van der Waals surface area contributed by atoms with Crippen LogP contribution in [0.3, 0.4) is 0 Å². The van der Waals surface area contributed by atoms with Crippen LogP contribution in [0, 0.1) is 6.92 Å². The van der Waals surface area contributed by atoms with Gasteiger partial charge in [0.2, 0.25) is 0 Å². The number of ether oxygens (including phenoxy) is 2. The first-order valence-corrected chi connectivity index (χ1v) is 10.1. The quantitative estimate of drug-likeness (QED) is 0.621. The van der Waals surface area contributed by atoms with Crippen LogP contribution in [-0.2, 0) is 11.2 Å². The first-order valence-electron chi connectivity index (χ1n) is 9.18. The van der Waals surface area contributed by atoms with Crippen LogP contribution in [-0.4, -0.2) is 24.3 Å². The Kier molecular flexibility index (Phi) is 4.81. The average molecular weight is 395 g/mol. The lowest BCUT2D eigenvalue weighted by atomic mass is 9.90. The van der Waals surface area contributed by atoms with E-state index in [-0.39, 0.29) is 23.6 Å². The first-order chi connectivity index (χ1) is 13.5. The fraction of sp³-hybridized carbons (Fsp3) is 0.273. The molecule has 1 aromatic carbocycles. The van der Waals surface area contributed by atoms with Crippen molar-refractivity contribution in [2.24, 2.45) is 0 Å². The summed E-state index contributed by atoms with van der Waals surface area (Å²) in [6.45, 7) is 3.98. The summed E-state index contributed by atoms with van der Waals surface area (Å²) < 4.78 is 12.6. The summed E-state index contributed by atoms with van der Waals surface area (Å²) in [5, 5.41) is 2.04. The Morgan fingerprint density at radius 3 is 2.82 bits per heavy atom. The smallest absolute Gasteiger partial charge is 0.343 e. The van der Waals surface area contributed by atoms with Crippen LogP contribution in [0.5, 0.6) is 5.75 Å². The van der Waals surface area contributed by atoms with Crippen LogP contribution in [0.25, 0.3) is 11.3 Å². The van der Waals surface area contributed by atoms with Gasteiger partial charge in [0.05, 0.1) is 25.5 Å². The predicted molar refractivity (Wildman–Crippen MR) is 110 cm³/mol. The molecule has 28 heavy (non-hydrogen) atoms. The molecule has 4 rings (SSSR count). The lowest BCUT2D eigenvalue weighted by Gasteiger charge is -2.31. The molecule has 1 atom stereocenters. The molecule has 0 aliphatic carbocycles. The Morgan fingerprint density at radius 2 is 2.14 bits per heavy atom. The summed E-state index contributed by atoms with van der Waals surface area (Å²) in [7, 11) is 1.64. The van der Waals surface area contributed by atoms with Gasteiger partial charge in [-0.25, -0.2) is 4.79 Å². The van der Waals surface area contributed by atoms with Gasteiger partial charge in [-0.3, -0.25) is 4.79 Å². The Bertz CT molecular complexity index is 1100. The third-order valence-electron chi connectivity index (χ3n) is 5.09. The van der Waals surface area contributed by atoms with E-state index in [0.29, 0.717) is 0 Å². The van der Waals surface area contributed by atoms with Crippen molar-refractivity contribution < 1.29 is 14.3 Å². The zero-order chi connectivity index (χ0) is 19.8. The summed E-state index contributed by atoms with van der Waals surface area (Å²) in [4.78, 5) is 26.2. The molecular formula is C22H21NO4S. The van der Waals surface area contributed by atoms with E-state index in [2.05, 4.69) is 12.1 Å². The summed E-state index contributed by atoms with van der Waals surface area (Å²) in [5.41, 5.74) is 3.71. The third kappa shape index (κ3) is 3.03. The van der Waals surface area contributed by atoms with Crippen LogP contribution in [0.2, 0.25) is 0 Å². The number of fused-ring (bicyclic) bond motifs is 3. The first kappa shape index (κ1) is 18.5. The molecule has 0 saturated carbocycles. The van der Waals surface area contributed by atoms with Crippen molar-refractivity contribution in [3.63, 3.8) is 0 Å². The number of pyridine rings is 1. The Hall–Kier alpha value is -2.86. The number of hydrogen-bond donors (Lipinski definition) is 0. The van der Waals surface area contributed by atoms with Gasteiger partial charge >= 0.3 is 5.97 Å². The Balaban J connectivity index is 1.96. The van der Waals surface area contributed by atoms with Crippen molar-refractivity contribution in [3.8, 4) is 17.0 Å². The molecule has 0 spiro atoms. The van der Waals surface area contributed by atoms with Gasteiger partial charge < -0.3 is 14.0 Å². The summed E-state index contributed by atoms with van der Waals surface area (Å²) in [6.07, 6.45) is 2.42. The highest BCUT2D eigenvalue weighted by Gasteiger charge is 2.28. The van der Waals surface area contributed by atoms with Gasteiger partial charge in [-0.2, -0.15) is 0 Å². The van der Waals surface area contributed by atoms with E-state index in [1.54, 1.807) is 37.6 Å². The van der Waals surface area contributed by atoms with Crippen molar-refractivity contribution in [3.05, 3.63) is 73.7 Å². The van der Waals surface area contributed by atoms with Gasteiger partial charge in [-0.05, 0) is 48.9 Å². The molecule has 0 saturated heterocycles. The number of esters is 1. The number of aromatic nitrogens is 1. The number of carbonyl (C=O) groups is 1. The van der Waals surface area contributed by atoms with Crippen molar-refractivity contribution in [1.82, 2.24) is 4.57 Å². The molecule has 2 aromatic heterocycles. The number of benzene rings is 1. The fourth-order valence-electron chi connectivity index (χ4n) is 3.79.